The van der Waals surface area contributed by atoms with Gasteiger partial charge in [-0.2, -0.15) is 0 Å². The number of esters is 1. The molecule has 0 N–H and O–H groups in total. The molecule has 0 bridgehead atoms. The Morgan fingerprint density at radius 3 is 2.81 bits per heavy atom. The van der Waals surface area contributed by atoms with Crippen LogP contribution in [0, 0.1) is 6.92 Å². The molecule has 0 amide bonds. The highest BCUT2D eigenvalue weighted by molar-refractivity contribution is 7.15. The van der Waals surface area contributed by atoms with E-state index in [1.807, 2.05) is 6.92 Å². The smallest absolute Gasteiger partial charge is 0.358 e. The summed E-state index contributed by atoms with van der Waals surface area (Å²) in [7, 11) is 0. The molecule has 2 aromatic rings. The number of thiophene rings is 1. The van der Waals surface area contributed by atoms with E-state index in [0.717, 1.165) is 16.6 Å². The van der Waals surface area contributed by atoms with Crippen LogP contribution >= 0.6 is 22.7 Å². The molecule has 0 aliphatic carbocycles. The second kappa shape index (κ2) is 7.04. The first kappa shape index (κ1) is 16.0. The standard InChI is InChI=1S/C15H20N2O2S2/c1-5-19-14(18)13-11(4)21-15(16-13)17(10(2)3)9-12-7-6-8-20-12/h6-8,10H,5,9H2,1-4H3. The fourth-order valence-corrected chi connectivity index (χ4v) is 3.67. The van der Waals surface area contributed by atoms with Gasteiger partial charge in [0.2, 0.25) is 0 Å². The van der Waals surface area contributed by atoms with Crippen LogP contribution in [0.4, 0.5) is 5.13 Å². The number of ether oxygens (including phenoxy) is 1. The van der Waals surface area contributed by atoms with Gasteiger partial charge in [0.25, 0.3) is 0 Å². The number of hydrogen-bond acceptors (Lipinski definition) is 6. The predicted molar refractivity (Wildman–Crippen MR) is 88.4 cm³/mol. The molecule has 0 aliphatic rings. The summed E-state index contributed by atoms with van der Waals surface area (Å²) in [4.78, 5) is 20.8. The molecule has 0 atom stereocenters. The summed E-state index contributed by atoms with van der Waals surface area (Å²) in [6, 6.07) is 4.48. The van der Waals surface area contributed by atoms with Gasteiger partial charge in [0, 0.05) is 15.8 Å². The van der Waals surface area contributed by atoms with Crippen molar-refractivity contribution in [3.8, 4) is 0 Å². The Morgan fingerprint density at radius 2 is 2.24 bits per heavy atom. The van der Waals surface area contributed by atoms with Crippen LogP contribution in [0.3, 0.4) is 0 Å². The fourth-order valence-electron chi connectivity index (χ4n) is 1.94. The Balaban J connectivity index is 2.25. The van der Waals surface area contributed by atoms with Crippen molar-refractivity contribution < 1.29 is 9.53 Å². The molecule has 0 radical (unpaired) electrons. The second-order valence-corrected chi connectivity index (χ2v) is 7.14. The number of hydrogen-bond donors (Lipinski definition) is 0. The zero-order valence-corrected chi connectivity index (χ0v) is 14.4. The summed E-state index contributed by atoms with van der Waals surface area (Å²) in [5, 5.41) is 2.95. The van der Waals surface area contributed by atoms with Crippen LogP contribution in [-0.4, -0.2) is 23.6 Å². The first-order valence-corrected chi connectivity index (χ1v) is 8.66. The molecule has 0 spiro atoms. The Labute approximate surface area is 133 Å². The highest BCUT2D eigenvalue weighted by Crippen LogP contribution is 2.29. The second-order valence-electron chi connectivity index (χ2n) is 4.92. The molecule has 0 aliphatic heterocycles. The quantitative estimate of drug-likeness (QED) is 0.750. The minimum Gasteiger partial charge on any atom is -0.461 e. The van der Waals surface area contributed by atoms with Crippen molar-refractivity contribution >= 4 is 33.8 Å². The number of nitrogens with zero attached hydrogens (tertiary/aromatic N) is 2. The lowest BCUT2D eigenvalue weighted by atomic mass is 10.3. The zero-order chi connectivity index (χ0) is 15.4. The van der Waals surface area contributed by atoms with E-state index >= 15 is 0 Å². The van der Waals surface area contributed by atoms with Crippen molar-refractivity contribution in [2.45, 2.75) is 40.3 Å². The summed E-state index contributed by atoms with van der Waals surface area (Å²) in [6.07, 6.45) is 0. The van der Waals surface area contributed by atoms with Gasteiger partial charge < -0.3 is 9.64 Å². The third kappa shape index (κ3) is 3.83. The molecule has 6 heteroatoms. The van der Waals surface area contributed by atoms with Crippen LogP contribution in [0.25, 0.3) is 0 Å². The molecule has 114 valence electrons. The average Bonchev–Trinajstić information content (AvgIpc) is 3.05. The van der Waals surface area contributed by atoms with Gasteiger partial charge in [-0.25, -0.2) is 9.78 Å². The van der Waals surface area contributed by atoms with Crippen LogP contribution < -0.4 is 4.90 Å². The fraction of sp³-hybridized carbons (Fsp3) is 0.467. The van der Waals surface area contributed by atoms with Gasteiger partial charge in [-0.3, -0.25) is 0 Å². The molecule has 2 aromatic heterocycles. The van der Waals surface area contributed by atoms with Gasteiger partial charge in [-0.15, -0.1) is 22.7 Å². The van der Waals surface area contributed by atoms with E-state index in [9.17, 15) is 4.79 Å². The molecule has 0 unspecified atom stereocenters. The third-order valence-corrected chi connectivity index (χ3v) is 4.90. The van der Waals surface area contributed by atoms with E-state index < -0.39 is 0 Å². The van der Waals surface area contributed by atoms with Crippen molar-refractivity contribution in [3.05, 3.63) is 33.0 Å². The molecule has 21 heavy (non-hydrogen) atoms. The first-order chi connectivity index (χ1) is 10.0. The Bertz CT molecular complexity index is 591. The van der Waals surface area contributed by atoms with E-state index in [-0.39, 0.29) is 5.97 Å². The molecule has 4 nitrogen and oxygen atoms in total. The highest BCUT2D eigenvalue weighted by atomic mass is 32.1. The lowest BCUT2D eigenvalue weighted by molar-refractivity contribution is 0.0519. The number of carbonyl (C=O) groups is 1. The minimum atomic E-state index is -0.336. The molecule has 0 saturated carbocycles. The van der Waals surface area contributed by atoms with Crippen LogP contribution in [0.1, 0.15) is 41.0 Å². The summed E-state index contributed by atoms with van der Waals surface area (Å²) in [5.74, 6) is -0.336. The number of carbonyl (C=O) groups excluding carboxylic acids is 1. The van der Waals surface area contributed by atoms with Crippen LogP contribution in [0.15, 0.2) is 17.5 Å². The number of rotatable bonds is 6. The number of aryl methyl sites for hydroxylation is 1. The van der Waals surface area contributed by atoms with Gasteiger partial charge in [-0.1, -0.05) is 6.07 Å². The Kier molecular flexibility index (Phi) is 5.36. The van der Waals surface area contributed by atoms with Crippen LogP contribution in [0.2, 0.25) is 0 Å². The highest BCUT2D eigenvalue weighted by Gasteiger charge is 2.21. The van der Waals surface area contributed by atoms with Gasteiger partial charge in [0.05, 0.1) is 13.2 Å². The molecule has 2 rings (SSSR count). The van der Waals surface area contributed by atoms with Gasteiger partial charge >= 0.3 is 5.97 Å². The first-order valence-electron chi connectivity index (χ1n) is 6.96. The largest absolute Gasteiger partial charge is 0.461 e. The number of anilines is 1. The van der Waals surface area contributed by atoms with E-state index in [0.29, 0.717) is 18.3 Å². The van der Waals surface area contributed by atoms with Crippen molar-refractivity contribution in [3.63, 3.8) is 0 Å². The Hall–Kier alpha value is -1.40. The van der Waals surface area contributed by atoms with Crippen molar-refractivity contribution in [2.75, 3.05) is 11.5 Å². The monoisotopic (exact) mass is 324 g/mol. The number of aromatic nitrogens is 1. The normalized spacial score (nSPS) is 10.9. The SMILES string of the molecule is CCOC(=O)c1nc(N(Cc2cccs2)C(C)C)sc1C. The molecule has 0 aromatic carbocycles. The lowest BCUT2D eigenvalue weighted by Crippen LogP contribution is -2.29. The van der Waals surface area contributed by atoms with E-state index in [4.69, 9.17) is 4.74 Å². The lowest BCUT2D eigenvalue weighted by Gasteiger charge is -2.25. The summed E-state index contributed by atoms with van der Waals surface area (Å²) < 4.78 is 5.06. The van der Waals surface area contributed by atoms with Crippen molar-refractivity contribution in [2.24, 2.45) is 0 Å². The van der Waals surface area contributed by atoms with E-state index in [1.165, 1.54) is 4.88 Å². The zero-order valence-electron chi connectivity index (χ0n) is 12.8. The van der Waals surface area contributed by atoms with Crippen LogP contribution in [0.5, 0.6) is 0 Å². The van der Waals surface area contributed by atoms with Crippen molar-refractivity contribution in [1.29, 1.82) is 0 Å². The van der Waals surface area contributed by atoms with Crippen molar-refractivity contribution in [1.82, 2.24) is 4.98 Å². The van der Waals surface area contributed by atoms with E-state index in [2.05, 4.69) is 41.2 Å². The summed E-state index contributed by atoms with van der Waals surface area (Å²) >= 11 is 3.28. The van der Waals surface area contributed by atoms with E-state index in [1.54, 1.807) is 29.6 Å². The van der Waals surface area contributed by atoms with Gasteiger partial charge in [0.15, 0.2) is 10.8 Å². The van der Waals surface area contributed by atoms with Gasteiger partial charge in [-0.05, 0) is 39.1 Å². The number of thiazole rings is 1. The van der Waals surface area contributed by atoms with Crippen LogP contribution in [-0.2, 0) is 11.3 Å². The molecule has 0 saturated heterocycles. The predicted octanol–water partition coefficient (Wildman–Crippen LogP) is 4.10. The topological polar surface area (TPSA) is 42.4 Å². The Morgan fingerprint density at radius 1 is 1.48 bits per heavy atom. The molecular formula is C15H20N2O2S2. The third-order valence-electron chi connectivity index (χ3n) is 3.03. The summed E-state index contributed by atoms with van der Waals surface area (Å²) in [6.45, 7) is 9.16. The molecule has 0 fully saturated rings. The minimum absolute atomic E-state index is 0.313. The molecular weight excluding hydrogens is 304 g/mol. The maximum Gasteiger partial charge on any atom is 0.358 e. The molecule has 2 heterocycles. The van der Waals surface area contributed by atoms with Gasteiger partial charge in [0.1, 0.15) is 0 Å². The maximum absolute atomic E-state index is 11.9. The average molecular weight is 324 g/mol. The summed E-state index contributed by atoms with van der Waals surface area (Å²) in [5.41, 5.74) is 0.439. The maximum atomic E-state index is 11.9.